The Kier molecular flexibility index (Phi) is 3.73. The fraction of sp³-hybridized carbons (Fsp3) is 0.222. The molecule has 1 aliphatic rings. The van der Waals surface area contributed by atoms with Gasteiger partial charge in [-0.25, -0.2) is 0 Å². The molecule has 0 saturated heterocycles. The number of aliphatic hydroxyl groups excluding tert-OH is 1. The molecular formula is C18H19O2P. The number of aliphatic hydroxyl groups is 1. The van der Waals surface area contributed by atoms with E-state index in [2.05, 4.69) is 0 Å². The lowest BCUT2D eigenvalue weighted by molar-refractivity contribution is 0.362. The number of hydrogen-bond donors (Lipinski definition) is 1. The van der Waals surface area contributed by atoms with Gasteiger partial charge in [-0.1, -0.05) is 67.6 Å². The van der Waals surface area contributed by atoms with Crippen molar-refractivity contribution in [2.75, 3.05) is 6.16 Å². The molecule has 2 aromatic rings. The molecule has 0 spiro atoms. The van der Waals surface area contributed by atoms with E-state index in [-0.39, 0.29) is 5.92 Å². The molecule has 1 N–H and O–H groups in total. The third-order valence-electron chi connectivity index (χ3n) is 4.01. The summed E-state index contributed by atoms with van der Waals surface area (Å²) < 4.78 is 13.5. The van der Waals surface area contributed by atoms with Crippen LogP contribution < -0.4 is 0 Å². The molecule has 3 heteroatoms. The maximum Gasteiger partial charge on any atom is 0.124 e. The van der Waals surface area contributed by atoms with E-state index in [9.17, 15) is 9.67 Å². The Morgan fingerprint density at radius 3 is 2.24 bits per heavy atom. The topological polar surface area (TPSA) is 37.3 Å². The Balaban J connectivity index is 2.04. The van der Waals surface area contributed by atoms with E-state index in [0.717, 1.165) is 11.1 Å². The van der Waals surface area contributed by atoms with Crippen LogP contribution in [0.25, 0.3) is 5.31 Å². The summed E-state index contributed by atoms with van der Waals surface area (Å²) in [4.78, 5) is 0. The van der Waals surface area contributed by atoms with E-state index in [0.29, 0.717) is 23.4 Å². The van der Waals surface area contributed by atoms with Crippen LogP contribution in [0.4, 0.5) is 0 Å². The van der Waals surface area contributed by atoms with Crippen LogP contribution in [0.2, 0.25) is 0 Å². The van der Waals surface area contributed by atoms with Gasteiger partial charge in [0, 0.05) is 18.2 Å². The molecule has 1 heterocycles. The van der Waals surface area contributed by atoms with Crippen molar-refractivity contribution < 1.29 is 9.67 Å². The third kappa shape index (κ3) is 2.69. The van der Waals surface area contributed by atoms with Gasteiger partial charge in [0.1, 0.15) is 12.9 Å². The highest BCUT2D eigenvalue weighted by molar-refractivity contribution is 7.74. The Hall–Kier alpha value is -1.79. The van der Waals surface area contributed by atoms with E-state index in [4.69, 9.17) is 0 Å². The summed E-state index contributed by atoms with van der Waals surface area (Å²) >= 11 is 0. The summed E-state index contributed by atoms with van der Waals surface area (Å²) in [7, 11) is -2.61. The smallest absolute Gasteiger partial charge is 0.124 e. The predicted octanol–water partition coefficient (Wildman–Crippen LogP) is 5.13. The van der Waals surface area contributed by atoms with Crippen LogP contribution in [0.1, 0.15) is 18.1 Å². The highest BCUT2D eigenvalue weighted by atomic mass is 31.2. The van der Waals surface area contributed by atoms with Crippen LogP contribution in [0.15, 0.2) is 66.4 Å². The molecule has 0 amide bonds. The van der Waals surface area contributed by atoms with Crippen LogP contribution in [-0.2, 0) is 10.7 Å². The molecule has 0 aliphatic carbocycles. The van der Waals surface area contributed by atoms with Crippen LogP contribution in [0.5, 0.6) is 0 Å². The van der Waals surface area contributed by atoms with E-state index < -0.39 is 7.14 Å². The van der Waals surface area contributed by atoms with Crippen LogP contribution >= 0.6 is 7.14 Å². The van der Waals surface area contributed by atoms with Gasteiger partial charge in [0.15, 0.2) is 0 Å². The molecule has 1 aliphatic heterocycles. The number of allylic oxidation sites excluding steroid dienone is 1. The van der Waals surface area contributed by atoms with Gasteiger partial charge in [0.05, 0.1) is 5.31 Å². The molecule has 0 saturated carbocycles. The molecule has 108 valence electrons. The van der Waals surface area contributed by atoms with Crippen LogP contribution in [0, 0.1) is 5.92 Å². The molecule has 0 unspecified atom stereocenters. The van der Waals surface area contributed by atoms with Gasteiger partial charge in [-0.15, -0.1) is 0 Å². The fourth-order valence-corrected chi connectivity index (χ4v) is 6.65. The summed E-state index contributed by atoms with van der Waals surface area (Å²) in [5.74, 6) is 0.273. The lowest BCUT2D eigenvalue weighted by Gasteiger charge is -2.16. The summed E-state index contributed by atoms with van der Waals surface area (Å²) in [5, 5.41) is 11.1. The SMILES string of the molecule is C[C@H]1C[P@@](=O)(Cc2ccccc2)C(c2ccccc2)=C1O. The monoisotopic (exact) mass is 298 g/mol. The zero-order chi connectivity index (χ0) is 14.9. The molecular weight excluding hydrogens is 279 g/mol. The van der Waals surface area contributed by atoms with Crippen molar-refractivity contribution in [3.63, 3.8) is 0 Å². The summed E-state index contributed by atoms with van der Waals surface area (Å²) in [6.45, 7) is 1.95. The maximum atomic E-state index is 13.5. The average molecular weight is 298 g/mol. The van der Waals surface area contributed by atoms with Gasteiger partial charge in [0.2, 0.25) is 0 Å². The second kappa shape index (κ2) is 5.54. The molecule has 3 rings (SSSR count). The molecule has 0 radical (unpaired) electrons. The molecule has 21 heavy (non-hydrogen) atoms. The zero-order valence-corrected chi connectivity index (χ0v) is 13.0. The first kappa shape index (κ1) is 14.2. The predicted molar refractivity (Wildman–Crippen MR) is 87.8 cm³/mol. The Labute approximate surface area is 125 Å². The van der Waals surface area contributed by atoms with Gasteiger partial charge in [0.25, 0.3) is 0 Å². The summed E-state index contributed by atoms with van der Waals surface area (Å²) in [6, 6.07) is 19.5. The lowest BCUT2D eigenvalue weighted by atomic mass is 10.1. The summed E-state index contributed by atoms with van der Waals surface area (Å²) in [5.41, 5.74) is 1.95. The normalized spacial score (nSPS) is 25.3. The lowest BCUT2D eigenvalue weighted by Crippen LogP contribution is -1.97. The van der Waals surface area contributed by atoms with E-state index in [1.165, 1.54) is 0 Å². The van der Waals surface area contributed by atoms with Crippen molar-refractivity contribution in [1.29, 1.82) is 0 Å². The first-order valence-electron chi connectivity index (χ1n) is 7.21. The highest BCUT2D eigenvalue weighted by Crippen LogP contribution is 2.67. The van der Waals surface area contributed by atoms with Crippen LogP contribution in [-0.4, -0.2) is 11.3 Å². The molecule has 2 nitrogen and oxygen atoms in total. The van der Waals surface area contributed by atoms with Gasteiger partial charge in [-0.3, -0.25) is 0 Å². The van der Waals surface area contributed by atoms with E-state index >= 15 is 0 Å². The van der Waals surface area contributed by atoms with Crippen molar-refractivity contribution in [1.82, 2.24) is 0 Å². The third-order valence-corrected chi connectivity index (χ3v) is 7.33. The number of hydrogen-bond acceptors (Lipinski definition) is 2. The van der Waals surface area contributed by atoms with Crippen molar-refractivity contribution in [3.8, 4) is 0 Å². The van der Waals surface area contributed by atoms with Gasteiger partial charge >= 0.3 is 0 Å². The quantitative estimate of drug-likeness (QED) is 0.798. The van der Waals surface area contributed by atoms with Crippen molar-refractivity contribution in [2.45, 2.75) is 13.1 Å². The maximum absolute atomic E-state index is 13.5. The minimum Gasteiger partial charge on any atom is -0.511 e. The standard InChI is InChI=1S/C18H19O2P/c1-14-12-21(20,13-15-8-4-2-5-9-15)18(17(14)19)16-10-6-3-7-11-16/h2-11,14,19H,12-13H2,1H3/t14-,21+/m0/s1. The minimum atomic E-state index is -2.61. The molecule has 0 fully saturated rings. The van der Waals surface area contributed by atoms with Crippen molar-refractivity contribution in [3.05, 3.63) is 77.5 Å². The largest absolute Gasteiger partial charge is 0.511 e. The Morgan fingerprint density at radius 2 is 1.62 bits per heavy atom. The van der Waals surface area contributed by atoms with Crippen LogP contribution in [0.3, 0.4) is 0 Å². The van der Waals surface area contributed by atoms with Gasteiger partial charge < -0.3 is 9.67 Å². The Bertz CT molecular complexity index is 705. The number of benzene rings is 2. The second-order valence-corrected chi connectivity index (χ2v) is 8.62. The highest BCUT2D eigenvalue weighted by Gasteiger charge is 2.41. The first-order chi connectivity index (χ1) is 10.1. The number of rotatable bonds is 3. The van der Waals surface area contributed by atoms with Gasteiger partial charge in [-0.05, 0) is 11.1 Å². The molecule has 2 aromatic carbocycles. The fourth-order valence-electron chi connectivity index (χ4n) is 3.06. The second-order valence-electron chi connectivity index (χ2n) is 5.72. The summed E-state index contributed by atoms with van der Waals surface area (Å²) in [6.07, 6.45) is 1.07. The zero-order valence-electron chi connectivity index (χ0n) is 12.1. The molecule has 2 atom stereocenters. The average Bonchev–Trinajstić information content (AvgIpc) is 2.70. The van der Waals surface area contributed by atoms with Gasteiger partial charge in [-0.2, -0.15) is 0 Å². The van der Waals surface area contributed by atoms with Crippen molar-refractivity contribution in [2.24, 2.45) is 5.92 Å². The van der Waals surface area contributed by atoms with Crippen molar-refractivity contribution >= 4 is 12.5 Å². The van der Waals surface area contributed by atoms with E-state index in [1.807, 2.05) is 67.6 Å². The molecule has 0 bridgehead atoms. The first-order valence-corrected chi connectivity index (χ1v) is 9.29. The minimum absolute atomic E-state index is 0.0326. The van der Waals surface area contributed by atoms with E-state index in [1.54, 1.807) is 0 Å². The molecule has 0 aromatic heterocycles. The Morgan fingerprint density at radius 1 is 1.05 bits per heavy atom.